The number of amides is 1. The first kappa shape index (κ1) is 16.7. The van der Waals surface area contributed by atoms with E-state index in [9.17, 15) is 19.8 Å². The van der Waals surface area contributed by atoms with Gasteiger partial charge in [-0.15, -0.1) is 0 Å². The summed E-state index contributed by atoms with van der Waals surface area (Å²) in [6, 6.07) is 9.08. The summed E-state index contributed by atoms with van der Waals surface area (Å²) in [4.78, 5) is 30.6. The van der Waals surface area contributed by atoms with Crippen molar-refractivity contribution in [2.45, 2.75) is 26.3 Å². The highest BCUT2D eigenvalue weighted by Gasteiger charge is 2.45. The smallest absolute Gasteiger partial charge is 0.294 e. The lowest BCUT2D eigenvalue weighted by molar-refractivity contribution is -0.118. The van der Waals surface area contributed by atoms with E-state index in [1.54, 1.807) is 43.5 Å². The molecule has 0 saturated carbocycles. The molecule has 1 aromatic carbocycles. The van der Waals surface area contributed by atoms with Crippen molar-refractivity contribution in [1.29, 1.82) is 0 Å². The lowest BCUT2D eigenvalue weighted by atomic mass is 9.98. The van der Waals surface area contributed by atoms with Gasteiger partial charge in [0.2, 0.25) is 0 Å². The molecule has 0 aliphatic carbocycles. The quantitative estimate of drug-likeness (QED) is 0.894. The minimum absolute atomic E-state index is 0.00658. The van der Waals surface area contributed by atoms with Crippen LogP contribution in [-0.2, 0) is 9.59 Å². The number of hydrogen-bond donors (Lipinski definition) is 2. The third-order valence-corrected chi connectivity index (χ3v) is 4.19. The van der Waals surface area contributed by atoms with Gasteiger partial charge in [-0.05, 0) is 36.8 Å². The molecule has 6 nitrogen and oxygen atoms in total. The van der Waals surface area contributed by atoms with Crippen molar-refractivity contribution >= 4 is 17.4 Å². The van der Waals surface area contributed by atoms with E-state index in [4.69, 9.17) is 0 Å². The number of pyridine rings is 1. The van der Waals surface area contributed by atoms with Gasteiger partial charge < -0.3 is 10.2 Å². The van der Waals surface area contributed by atoms with Crippen LogP contribution in [-0.4, -0.2) is 26.9 Å². The van der Waals surface area contributed by atoms with Gasteiger partial charge in [-0.1, -0.05) is 19.1 Å². The number of phenols is 1. The Morgan fingerprint density at radius 2 is 2.00 bits per heavy atom. The van der Waals surface area contributed by atoms with Crippen molar-refractivity contribution in [2.24, 2.45) is 0 Å². The Hall–Kier alpha value is -3.15. The molecule has 6 heteroatoms. The number of aromatic nitrogens is 1. The van der Waals surface area contributed by atoms with Crippen LogP contribution in [0.25, 0.3) is 0 Å². The summed E-state index contributed by atoms with van der Waals surface area (Å²) >= 11 is 0. The number of ketones is 1. The summed E-state index contributed by atoms with van der Waals surface area (Å²) in [5.74, 6) is -1.77. The van der Waals surface area contributed by atoms with Crippen LogP contribution in [0.1, 0.15) is 30.6 Å². The molecule has 3 rings (SSSR count). The lowest BCUT2D eigenvalue weighted by Crippen LogP contribution is -2.31. The zero-order valence-corrected chi connectivity index (χ0v) is 13.9. The number of carbonyl (C=O) groups is 2. The Labute approximate surface area is 145 Å². The van der Waals surface area contributed by atoms with Gasteiger partial charge in [-0.3, -0.25) is 19.5 Å². The van der Waals surface area contributed by atoms with Crippen LogP contribution in [0.4, 0.5) is 5.69 Å². The van der Waals surface area contributed by atoms with Gasteiger partial charge in [-0.2, -0.15) is 0 Å². The number of anilines is 1. The van der Waals surface area contributed by atoms with Crippen molar-refractivity contribution < 1.29 is 19.8 Å². The fourth-order valence-corrected chi connectivity index (χ4v) is 2.97. The highest BCUT2D eigenvalue weighted by Crippen LogP contribution is 2.43. The summed E-state index contributed by atoms with van der Waals surface area (Å²) in [6.07, 6.45) is 1.70. The number of phenolic OH excluding ortho intramolecular Hbond substituents is 1. The molecular formula is C19H18N2O4. The molecule has 128 valence electrons. The lowest BCUT2D eigenvalue weighted by Gasteiger charge is -2.26. The van der Waals surface area contributed by atoms with Crippen molar-refractivity contribution in [1.82, 2.24) is 4.98 Å². The highest BCUT2D eigenvalue weighted by molar-refractivity contribution is 6.16. The Morgan fingerprint density at radius 3 is 2.64 bits per heavy atom. The van der Waals surface area contributed by atoms with Crippen molar-refractivity contribution in [3.05, 3.63) is 65.2 Å². The van der Waals surface area contributed by atoms with E-state index in [1.165, 1.54) is 11.0 Å². The number of rotatable bonds is 4. The van der Waals surface area contributed by atoms with Gasteiger partial charge >= 0.3 is 0 Å². The number of aromatic hydroxyl groups is 1. The van der Waals surface area contributed by atoms with E-state index >= 15 is 0 Å². The van der Waals surface area contributed by atoms with Crippen LogP contribution >= 0.6 is 0 Å². The minimum Gasteiger partial charge on any atom is -0.506 e. The largest absolute Gasteiger partial charge is 0.506 e. The van der Waals surface area contributed by atoms with Gasteiger partial charge in [0.1, 0.15) is 11.8 Å². The number of nitrogens with zero attached hydrogens (tertiary/aromatic N) is 2. The van der Waals surface area contributed by atoms with Gasteiger partial charge in [0.15, 0.2) is 11.5 Å². The number of aliphatic hydroxyl groups excluding tert-OH is 1. The zero-order valence-electron chi connectivity index (χ0n) is 13.9. The third kappa shape index (κ3) is 2.76. The van der Waals surface area contributed by atoms with E-state index < -0.39 is 17.7 Å². The second kappa shape index (κ2) is 6.39. The average molecular weight is 338 g/mol. The first-order valence-corrected chi connectivity index (χ1v) is 7.96. The molecule has 0 bridgehead atoms. The zero-order chi connectivity index (χ0) is 18.1. The normalized spacial score (nSPS) is 17.3. The maximum atomic E-state index is 12.7. The van der Waals surface area contributed by atoms with Crippen LogP contribution in [0.5, 0.6) is 5.75 Å². The third-order valence-electron chi connectivity index (χ3n) is 4.19. The number of benzene rings is 1. The molecule has 1 aliphatic heterocycles. The molecular weight excluding hydrogens is 320 g/mol. The highest BCUT2D eigenvalue weighted by atomic mass is 16.3. The van der Waals surface area contributed by atoms with Gasteiger partial charge in [0, 0.05) is 12.6 Å². The monoisotopic (exact) mass is 338 g/mol. The molecule has 0 fully saturated rings. The van der Waals surface area contributed by atoms with E-state index in [0.29, 0.717) is 5.69 Å². The number of Topliss-reactive ketones (excluding diaryl/α,β-unsaturated/α-hetero) is 1. The second-order valence-electron chi connectivity index (χ2n) is 5.86. The fourth-order valence-electron chi connectivity index (χ4n) is 2.97. The number of aliphatic hydroxyl groups is 1. The molecule has 25 heavy (non-hydrogen) atoms. The molecule has 2 aromatic rings. The number of hydrogen-bond acceptors (Lipinski definition) is 5. The van der Waals surface area contributed by atoms with Crippen LogP contribution < -0.4 is 4.90 Å². The Balaban J connectivity index is 2.22. The summed E-state index contributed by atoms with van der Waals surface area (Å²) in [6.45, 7) is 3.49. The van der Waals surface area contributed by atoms with Crippen LogP contribution in [0.2, 0.25) is 0 Å². The Kier molecular flexibility index (Phi) is 4.27. The summed E-state index contributed by atoms with van der Waals surface area (Å²) in [5.41, 5.74) is 1.51. The Bertz CT molecular complexity index is 874. The molecule has 1 aliphatic rings. The molecule has 0 saturated heterocycles. The van der Waals surface area contributed by atoms with E-state index in [-0.39, 0.29) is 29.2 Å². The predicted molar refractivity (Wildman–Crippen MR) is 92.3 cm³/mol. The molecule has 1 aromatic heterocycles. The molecule has 2 heterocycles. The van der Waals surface area contributed by atoms with E-state index in [1.807, 2.05) is 6.92 Å². The fraction of sp³-hybridized carbons (Fsp3) is 0.211. The van der Waals surface area contributed by atoms with Crippen molar-refractivity contribution in [2.75, 3.05) is 4.90 Å². The number of aryl methyl sites for hydroxylation is 1. The van der Waals surface area contributed by atoms with Gasteiger partial charge in [-0.25, -0.2) is 0 Å². The standard InChI is InChI=1S/C19H18N2O4/c1-3-14(22)16-17(12-6-4-5-9-20-12)21(19(25)18(16)24)13-10-11(2)7-8-15(13)23/h4-10,17,23-24H,3H2,1-2H3. The maximum absolute atomic E-state index is 12.7. The SMILES string of the molecule is CCC(=O)C1=C(O)C(=O)N(c2cc(C)ccc2O)C1c1ccccn1. The van der Waals surface area contributed by atoms with Crippen LogP contribution in [0.15, 0.2) is 53.9 Å². The van der Waals surface area contributed by atoms with Gasteiger partial charge in [0.05, 0.1) is 17.0 Å². The van der Waals surface area contributed by atoms with Crippen molar-refractivity contribution in [3.8, 4) is 5.75 Å². The Morgan fingerprint density at radius 1 is 1.24 bits per heavy atom. The molecule has 1 unspecified atom stereocenters. The summed E-state index contributed by atoms with van der Waals surface area (Å²) in [7, 11) is 0. The van der Waals surface area contributed by atoms with Gasteiger partial charge in [0.25, 0.3) is 5.91 Å². The molecule has 2 N–H and O–H groups in total. The molecule has 1 atom stereocenters. The maximum Gasteiger partial charge on any atom is 0.294 e. The first-order valence-electron chi connectivity index (χ1n) is 7.96. The van der Waals surface area contributed by atoms with Crippen molar-refractivity contribution in [3.63, 3.8) is 0 Å². The summed E-state index contributed by atoms with van der Waals surface area (Å²) < 4.78 is 0. The topological polar surface area (TPSA) is 90.7 Å². The molecule has 1 amide bonds. The first-order chi connectivity index (χ1) is 12.0. The van der Waals surface area contributed by atoms with E-state index in [2.05, 4.69) is 4.98 Å². The average Bonchev–Trinajstić information content (AvgIpc) is 2.88. The van der Waals surface area contributed by atoms with E-state index in [0.717, 1.165) is 5.56 Å². The second-order valence-corrected chi connectivity index (χ2v) is 5.86. The van der Waals surface area contributed by atoms with Crippen LogP contribution in [0.3, 0.4) is 0 Å². The minimum atomic E-state index is -0.881. The molecule has 0 spiro atoms. The summed E-state index contributed by atoms with van der Waals surface area (Å²) in [5, 5.41) is 20.6. The number of carbonyl (C=O) groups excluding carboxylic acids is 2. The van der Waals surface area contributed by atoms with Crippen LogP contribution in [0, 0.1) is 6.92 Å². The molecule has 0 radical (unpaired) electrons. The predicted octanol–water partition coefficient (Wildman–Crippen LogP) is 2.97.